The van der Waals surface area contributed by atoms with Gasteiger partial charge in [0.15, 0.2) is 0 Å². The van der Waals surface area contributed by atoms with E-state index in [0.717, 1.165) is 12.8 Å². The number of aliphatic carboxylic acids is 1. The zero-order valence-corrected chi connectivity index (χ0v) is 19.8. The molecule has 1 aromatic rings. The summed E-state index contributed by atoms with van der Waals surface area (Å²) in [5.41, 5.74) is 0.690. The van der Waals surface area contributed by atoms with Crippen molar-refractivity contribution < 1.29 is 19.8 Å². The van der Waals surface area contributed by atoms with Crippen LogP contribution in [0.15, 0.2) is 24.3 Å². The van der Waals surface area contributed by atoms with Gasteiger partial charge in [-0.1, -0.05) is 96.8 Å². The van der Waals surface area contributed by atoms with Crippen LogP contribution in [-0.4, -0.2) is 22.1 Å². The van der Waals surface area contributed by atoms with Crippen molar-refractivity contribution in [3.8, 4) is 5.75 Å². The molecule has 1 rings (SSSR count). The highest BCUT2D eigenvalue weighted by molar-refractivity contribution is 5.88. The molecule has 31 heavy (non-hydrogen) atoms. The molecular weight excluding hydrogens is 390 g/mol. The monoisotopic (exact) mass is 435 g/mol. The van der Waals surface area contributed by atoms with Gasteiger partial charge in [0.2, 0.25) is 5.91 Å². The molecule has 0 saturated heterocycles. The molecule has 3 N–H and O–H groups in total. The number of benzene rings is 1. The number of amides is 1. The maximum Gasteiger partial charge on any atom is 0.303 e. The number of carboxylic acid groups (broad SMARTS) is 1. The van der Waals surface area contributed by atoms with Crippen molar-refractivity contribution >= 4 is 17.6 Å². The fourth-order valence-corrected chi connectivity index (χ4v) is 3.40. The van der Waals surface area contributed by atoms with Crippen molar-refractivity contribution in [2.24, 2.45) is 0 Å². The van der Waals surface area contributed by atoms with E-state index in [9.17, 15) is 9.59 Å². The minimum absolute atomic E-state index is 0.115. The number of carbonyl (C=O) groups is 2. The Morgan fingerprint density at radius 3 is 1.45 bits per heavy atom. The third kappa shape index (κ3) is 22.5. The highest BCUT2D eigenvalue weighted by Crippen LogP contribution is 2.14. The van der Waals surface area contributed by atoms with Gasteiger partial charge < -0.3 is 15.5 Å². The Hall–Kier alpha value is -2.04. The molecular formula is C26H45NO4. The second-order valence-corrected chi connectivity index (χ2v) is 8.32. The van der Waals surface area contributed by atoms with Crippen LogP contribution < -0.4 is 5.32 Å². The molecule has 0 aliphatic heterocycles. The van der Waals surface area contributed by atoms with Crippen LogP contribution >= 0.6 is 0 Å². The highest BCUT2D eigenvalue weighted by atomic mass is 16.4. The van der Waals surface area contributed by atoms with Crippen LogP contribution in [0, 0.1) is 0 Å². The lowest BCUT2D eigenvalue weighted by Crippen LogP contribution is -2.04. The van der Waals surface area contributed by atoms with Crippen molar-refractivity contribution in [3.63, 3.8) is 0 Å². The Kier molecular flexibility index (Phi) is 19.8. The molecule has 0 aliphatic carbocycles. The van der Waals surface area contributed by atoms with E-state index in [0.29, 0.717) is 12.1 Å². The molecule has 0 saturated carbocycles. The van der Waals surface area contributed by atoms with E-state index < -0.39 is 5.97 Å². The van der Waals surface area contributed by atoms with Gasteiger partial charge in [-0.05, 0) is 30.7 Å². The number of aromatic hydroxyl groups is 1. The van der Waals surface area contributed by atoms with Gasteiger partial charge in [-0.15, -0.1) is 0 Å². The van der Waals surface area contributed by atoms with Crippen LogP contribution in [0.3, 0.4) is 0 Å². The maximum absolute atomic E-state index is 10.5. The largest absolute Gasteiger partial charge is 0.508 e. The summed E-state index contributed by atoms with van der Waals surface area (Å²) in [6.07, 6.45) is 20.2. The van der Waals surface area contributed by atoms with E-state index in [-0.39, 0.29) is 11.7 Å². The molecule has 178 valence electrons. The van der Waals surface area contributed by atoms with Crippen LogP contribution in [0.4, 0.5) is 5.69 Å². The van der Waals surface area contributed by atoms with Gasteiger partial charge in [-0.3, -0.25) is 9.59 Å². The Morgan fingerprint density at radius 2 is 1.10 bits per heavy atom. The SMILES string of the molecule is CC(=O)Nc1ccc(O)cc1.CCCCCCCCCCCCCCCCCC(=O)O. The number of carboxylic acids is 1. The van der Waals surface area contributed by atoms with E-state index in [1.165, 1.54) is 103 Å². The molecule has 0 bridgehead atoms. The first kappa shape index (κ1) is 29.0. The predicted molar refractivity (Wildman–Crippen MR) is 130 cm³/mol. The van der Waals surface area contributed by atoms with Crippen molar-refractivity contribution in [3.05, 3.63) is 24.3 Å². The van der Waals surface area contributed by atoms with Crippen LogP contribution in [0.5, 0.6) is 5.75 Å². The minimum Gasteiger partial charge on any atom is -0.508 e. The van der Waals surface area contributed by atoms with Gasteiger partial charge >= 0.3 is 5.97 Å². The molecule has 0 atom stereocenters. The Labute approximate surface area is 189 Å². The van der Waals surface area contributed by atoms with E-state index in [2.05, 4.69) is 12.2 Å². The van der Waals surface area contributed by atoms with Crippen molar-refractivity contribution in [1.82, 2.24) is 0 Å². The van der Waals surface area contributed by atoms with Crippen LogP contribution in [-0.2, 0) is 9.59 Å². The summed E-state index contributed by atoms with van der Waals surface area (Å²) in [5, 5.41) is 20.0. The zero-order chi connectivity index (χ0) is 23.2. The molecule has 1 aromatic carbocycles. The first-order valence-electron chi connectivity index (χ1n) is 12.2. The van der Waals surface area contributed by atoms with Gasteiger partial charge in [-0.2, -0.15) is 0 Å². The lowest BCUT2D eigenvalue weighted by Gasteiger charge is -2.03. The van der Waals surface area contributed by atoms with Crippen LogP contribution in [0.2, 0.25) is 0 Å². The Bertz CT molecular complexity index is 557. The van der Waals surface area contributed by atoms with Gasteiger partial charge in [0.05, 0.1) is 0 Å². The van der Waals surface area contributed by atoms with E-state index in [1.54, 1.807) is 12.1 Å². The zero-order valence-electron chi connectivity index (χ0n) is 19.8. The fourth-order valence-electron chi connectivity index (χ4n) is 3.40. The number of carbonyl (C=O) groups excluding carboxylic acids is 1. The number of nitrogens with one attached hydrogen (secondary N) is 1. The number of rotatable bonds is 17. The summed E-state index contributed by atoms with van der Waals surface area (Å²) in [7, 11) is 0. The first-order valence-corrected chi connectivity index (χ1v) is 12.2. The van der Waals surface area contributed by atoms with Crippen molar-refractivity contribution in [2.45, 2.75) is 117 Å². The lowest BCUT2D eigenvalue weighted by atomic mass is 10.0. The normalized spacial score (nSPS) is 10.3. The lowest BCUT2D eigenvalue weighted by molar-refractivity contribution is -0.137. The summed E-state index contributed by atoms with van der Waals surface area (Å²) in [6.45, 7) is 3.71. The fraction of sp³-hybridized carbons (Fsp3) is 0.692. The summed E-state index contributed by atoms with van der Waals surface area (Å²) >= 11 is 0. The molecule has 0 radical (unpaired) electrons. The predicted octanol–water partition coefficient (Wildman–Crippen LogP) is 7.68. The number of unbranched alkanes of at least 4 members (excludes halogenated alkanes) is 14. The molecule has 0 spiro atoms. The highest BCUT2D eigenvalue weighted by Gasteiger charge is 1.97. The van der Waals surface area contributed by atoms with Gasteiger partial charge in [0.1, 0.15) is 5.75 Å². The molecule has 5 nitrogen and oxygen atoms in total. The number of anilines is 1. The van der Waals surface area contributed by atoms with Gasteiger partial charge in [0, 0.05) is 19.0 Å². The summed E-state index contributed by atoms with van der Waals surface area (Å²) in [5.74, 6) is -0.575. The standard InChI is InChI=1S/C18H36O2.C8H9NO2/c1-2-3-4-5-6-7-8-9-10-11-12-13-14-15-16-17-18(19)20;1-6(10)9-7-2-4-8(11)5-3-7/h2-17H2,1H3,(H,19,20);2-5,11H,1H3,(H,9,10). The van der Waals surface area contributed by atoms with Gasteiger partial charge in [0.25, 0.3) is 0 Å². The molecule has 0 fully saturated rings. The number of hydrogen-bond donors (Lipinski definition) is 3. The third-order valence-corrected chi connectivity index (χ3v) is 5.18. The summed E-state index contributed by atoms with van der Waals surface area (Å²) < 4.78 is 0. The van der Waals surface area contributed by atoms with E-state index in [4.69, 9.17) is 10.2 Å². The van der Waals surface area contributed by atoms with Crippen molar-refractivity contribution in [2.75, 3.05) is 5.32 Å². The third-order valence-electron chi connectivity index (χ3n) is 5.18. The molecule has 0 aromatic heterocycles. The maximum atomic E-state index is 10.5. The molecule has 0 aliphatic rings. The second-order valence-electron chi connectivity index (χ2n) is 8.32. The Morgan fingerprint density at radius 1 is 0.710 bits per heavy atom. The molecule has 0 heterocycles. The smallest absolute Gasteiger partial charge is 0.303 e. The summed E-state index contributed by atoms with van der Waals surface area (Å²) in [6, 6.07) is 6.31. The molecule has 0 unspecified atom stereocenters. The molecule has 1 amide bonds. The first-order chi connectivity index (χ1) is 15.0. The average molecular weight is 436 g/mol. The van der Waals surface area contributed by atoms with Crippen molar-refractivity contribution in [1.29, 1.82) is 0 Å². The number of phenolic OH excluding ortho intramolecular Hbond substituents is 1. The average Bonchev–Trinajstić information content (AvgIpc) is 2.72. The minimum atomic E-state index is -0.653. The summed E-state index contributed by atoms with van der Waals surface area (Å²) in [4.78, 5) is 20.9. The second kappa shape index (κ2) is 21.2. The number of phenols is 1. The number of hydrogen-bond acceptors (Lipinski definition) is 3. The van der Waals surface area contributed by atoms with E-state index in [1.807, 2.05) is 0 Å². The van der Waals surface area contributed by atoms with E-state index >= 15 is 0 Å². The Balaban J connectivity index is 0.000000683. The quantitative estimate of drug-likeness (QED) is 0.173. The molecule has 5 heteroatoms. The van der Waals surface area contributed by atoms with Gasteiger partial charge in [-0.25, -0.2) is 0 Å². The van der Waals surface area contributed by atoms with Crippen LogP contribution in [0.1, 0.15) is 117 Å². The van der Waals surface area contributed by atoms with Crippen LogP contribution in [0.25, 0.3) is 0 Å². The topological polar surface area (TPSA) is 86.6 Å².